The molecule has 0 aliphatic carbocycles. The summed E-state index contributed by atoms with van der Waals surface area (Å²) in [6.07, 6.45) is 1.37. The Hall–Kier alpha value is -3.19. The highest BCUT2D eigenvalue weighted by molar-refractivity contribution is 5.93. The van der Waals surface area contributed by atoms with Crippen LogP contribution in [0.3, 0.4) is 0 Å². The Kier molecular flexibility index (Phi) is 6.02. The van der Waals surface area contributed by atoms with E-state index in [0.717, 1.165) is 18.7 Å². The Morgan fingerprint density at radius 2 is 1.75 bits per heavy atom. The van der Waals surface area contributed by atoms with E-state index in [-0.39, 0.29) is 10.9 Å². The molecular weight excluding hydrogens is 409 g/mol. The van der Waals surface area contributed by atoms with Crippen molar-refractivity contribution in [2.45, 2.75) is 26.3 Å². The van der Waals surface area contributed by atoms with Crippen molar-refractivity contribution in [2.75, 3.05) is 38.1 Å². The zero-order valence-corrected chi connectivity index (χ0v) is 18.6. The van der Waals surface area contributed by atoms with Crippen molar-refractivity contribution < 1.29 is 14.3 Å². The van der Waals surface area contributed by atoms with Crippen molar-refractivity contribution in [1.82, 2.24) is 9.47 Å². The summed E-state index contributed by atoms with van der Waals surface area (Å²) in [5, 5.41) is 9.63. The van der Waals surface area contributed by atoms with Gasteiger partial charge in [0.15, 0.2) is 0 Å². The second-order valence-corrected chi connectivity index (χ2v) is 8.81. The molecule has 1 aliphatic rings. The van der Waals surface area contributed by atoms with Crippen LogP contribution in [-0.4, -0.2) is 53.8 Å². The second kappa shape index (κ2) is 8.74. The quantitative estimate of drug-likeness (QED) is 0.658. The third kappa shape index (κ3) is 4.25. The van der Waals surface area contributed by atoms with Gasteiger partial charge in [-0.1, -0.05) is 38.1 Å². The molecule has 4 rings (SSSR count). The molecule has 1 fully saturated rings. The molecule has 3 aromatic rings. The number of benzene rings is 2. The minimum Gasteiger partial charge on any atom is -0.477 e. The van der Waals surface area contributed by atoms with Crippen LogP contribution in [0.1, 0.15) is 41.3 Å². The molecule has 1 saturated heterocycles. The summed E-state index contributed by atoms with van der Waals surface area (Å²) in [6.45, 7) is 7.65. The predicted molar refractivity (Wildman–Crippen MR) is 124 cm³/mol. The Morgan fingerprint density at radius 3 is 2.34 bits per heavy atom. The van der Waals surface area contributed by atoms with Crippen molar-refractivity contribution in [3.8, 4) is 0 Å². The lowest BCUT2D eigenvalue weighted by Crippen LogP contribution is -2.44. The van der Waals surface area contributed by atoms with Crippen molar-refractivity contribution >= 4 is 22.6 Å². The fraction of sp³-hybridized carbons (Fsp3) is 0.360. The number of fused-ring (bicyclic) bond motifs is 1. The molecule has 2 heterocycles. The highest BCUT2D eigenvalue weighted by atomic mass is 19.1. The maximum atomic E-state index is 15.0. The highest BCUT2D eigenvalue weighted by Gasteiger charge is 2.21. The number of piperazine rings is 1. The number of halogens is 1. The molecule has 0 radical (unpaired) electrons. The number of carboxylic acid groups (broad SMARTS) is 1. The fourth-order valence-electron chi connectivity index (χ4n) is 4.18. The summed E-state index contributed by atoms with van der Waals surface area (Å²) in [5.41, 5.74) is 2.14. The van der Waals surface area contributed by atoms with Gasteiger partial charge in [0.1, 0.15) is 11.4 Å². The van der Waals surface area contributed by atoms with E-state index in [0.29, 0.717) is 36.8 Å². The van der Waals surface area contributed by atoms with E-state index in [1.54, 1.807) is 10.6 Å². The zero-order valence-electron chi connectivity index (χ0n) is 18.6. The molecule has 32 heavy (non-hydrogen) atoms. The van der Waals surface area contributed by atoms with Gasteiger partial charge in [0.05, 0.1) is 11.2 Å². The number of carboxylic acids is 1. The molecule has 0 spiro atoms. The van der Waals surface area contributed by atoms with Gasteiger partial charge in [0, 0.05) is 44.3 Å². The van der Waals surface area contributed by atoms with Gasteiger partial charge in [-0.05, 0) is 36.2 Å². The van der Waals surface area contributed by atoms with E-state index < -0.39 is 17.2 Å². The first kappa shape index (κ1) is 22.0. The summed E-state index contributed by atoms with van der Waals surface area (Å²) in [5.74, 6) is -1.41. The minimum absolute atomic E-state index is 0.0825. The molecule has 0 unspecified atom stereocenters. The number of hydrogen-bond acceptors (Lipinski definition) is 4. The molecular formula is C25H28FN3O3. The number of pyridine rings is 1. The second-order valence-electron chi connectivity index (χ2n) is 8.81. The van der Waals surface area contributed by atoms with Gasteiger partial charge >= 0.3 is 5.97 Å². The number of likely N-dealkylation sites (N-methyl/N-ethyl adjacent to an activating group) is 1. The largest absolute Gasteiger partial charge is 0.477 e. The van der Waals surface area contributed by atoms with Gasteiger partial charge in [-0.25, -0.2) is 9.18 Å². The first-order valence-corrected chi connectivity index (χ1v) is 10.9. The van der Waals surface area contributed by atoms with E-state index >= 15 is 4.39 Å². The maximum absolute atomic E-state index is 15.0. The highest BCUT2D eigenvalue weighted by Crippen LogP contribution is 2.27. The van der Waals surface area contributed by atoms with E-state index in [1.165, 1.54) is 17.8 Å². The van der Waals surface area contributed by atoms with Crippen LogP contribution >= 0.6 is 0 Å². The normalized spacial score (nSPS) is 15.0. The zero-order chi connectivity index (χ0) is 23.0. The molecule has 2 aromatic carbocycles. The van der Waals surface area contributed by atoms with Crippen LogP contribution in [0.25, 0.3) is 10.9 Å². The Bertz CT molecular complexity index is 1210. The Labute approximate surface area is 186 Å². The number of aromatic nitrogens is 1. The average molecular weight is 438 g/mol. The summed E-state index contributed by atoms with van der Waals surface area (Å²) in [6, 6.07) is 11.0. The molecule has 0 bridgehead atoms. The smallest absolute Gasteiger partial charge is 0.341 e. The summed E-state index contributed by atoms with van der Waals surface area (Å²) < 4.78 is 16.8. The topological polar surface area (TPSA) is 65.8 Å². The van der Waals surface area contributed by atoms with Crippen molar-refractivity contribution in [3.63, 3.8) is 0 Å². The lowest BCUT2D eigenvalue weighted by molar-refractivity contribution is 0.0695. The Morgan fingerprint density at radius 1 is 1.09 bits per heavy atom. The lowest BCUT2D eigenvalue weighted by atomic mass is 10.0. The standard InChI is InChI=1S/C25H28FN3O3/c1-16(2)18-6-4-17(5-7-18)14-29-15-20(25(31)32)24(30)19-12-21(26)23(13-22(19)29)28-10-8-27(3)9-11-28/h4-7,12-13,15-16H,8-11,14H2,1-3H3,(H,31,32). The molecule has 1 aromatic heterocycles. The van der Waals surface area contributed by atoms with Gasteiger partial charge < -0.3 is 19.5 Å². The number of rotatable bonds is 5. The predicted octanol–water partition coefficient (Wildman–Crippen LogP) is 3.76. The summed E-state index contributed by atoms with van der Waals surface area (Å²) >= 11 is 0. The molecule has 0 atom stereocenters. The molecule has 168 valence electrons. The minimum atomic E-state index is -1.32. The van der Waals surface area contributed by atoms with Gasteiger partial charge in [0.25, 0.3) is 0 Å². The van der Waals surface area contributed by atoms with Gasteiger partial charge in [-0.15, -0.1) is 0 Å². The lowest BCUT2D eigenvalue weighted by Gasteiger charge is -2.34. The van der Waals surface area contributed by atoms with E-state index in [2.05, 4.69) is 30.9 Å². The molecule has 7 heteroatoms. The molecule has 0 saturated carbocycles. The maximum Gasteiger partial charge on any atom is 0.341 e. The van der Waals surface area contributed by atoms with Crippen LogP contribution in [0.2, 0.25) is 0 Å². The van der Waals surface area contributed by atoms with Crippen LogP contribution in [0.4, 0.5) is 10.1 Å². The number of anilines is 1. The summed E-state index contributed by atoms with van der Waals surface area (Å²) in [7, 11) is 2.03. The number of carbonyl (C=O) groups is 1. The first-order chi connectivity index (χ1) is 15.2. The fourth-order valence-corrected chi connectivity index (χ4v) is 4.18. The SMILES string of the molecule is CC(C)c1ccc(Cn2cc(C(=O)O)c(=O)c3cc(F)c(N4CCN(C)CC4)cc32)cc1. The molecule has 1 N–H and O–H groups in total. The van der Waals surface area contributed by atoms with Crippen molar-refractivity contribution in [2.24, 2.45) is 0 Å². The Balaban J connectivity index is 1.83. The first-order valence-electron chi connectivity index (χ1n) is 10.9. The van der Waals surface area contributed by atoms with Gasteiger partial charge in [-0.2, -0.15) is 0 Å². The number of nitrogens with zero attached hydrogens (tertiary/aromatic N) is 3. The third-order valence-electron chi connectivity index (χ3n) is 6.22. The number of aromatic carboxylic acids is 1. The molecule has 6 nitrogen and oxygen atoms in total. The van der Waals surface area contributed by atoms with Crippen molar-refractivity contribution in [1.29, 1.82) is 0 Å². The van der Waals surface area contributed by atoms with E-state index in [9.17, 15) is 14.7 Å². The van der Waals surface area contributed by atoms with E-state index in [1.807, 2.05) is 24.1 Å². The van der Waals surface area contributed by atoms with Crippen LogP contribution in [0.5, 0.6) is 0 Å². The molecule has 1 aliphatic heterocycles. The van der Waals surface area contributed by atoms with Crippen LogP contribution in [0.15, 0.2) is 47.4 Å². The van der Waals surface area contributed by atoms with Crippen LogP contribution in [0, 0.1) is 5.82 Å². The van der Waals surface area contributed by atoms with Gasteiger partial charge in [0.2, 0.25) is 5.43 Å². The molecule has 0 amide bonds. The third-order valence-corrected chi connectivity index (χ3v) is 6.22. The van der Waals surface area contributed by atoms with E-state index in [4.69, 9.17) is 0 Å². The summed E-state index contributed by atoms with van der Waals surface area (Å²) in [4.78, 5) is 28.7. The average Bonchev–Trinajstić information content (AvgIpc) is 2.76. The van der Waals surface area contributed by atoms with Crippen LogP contribution in [-0.2, 0) is 6.54 Å². The van der Waals surface area contributed by atoms with Crippen LogP contribution < -0.4 is 10.3 Å². The monoisotopic (exact) mass is 437 g/mol. The van der Waals surface area contributed by atoms with Gasteiger partial charge in [-0.3, -0.25) is 4.79 Å². The number of hydrogen-bond donors (Lipinski definition) is 1. The van der Waals surface area contributed by atoms with Crippen molar-refractivity contribution in [3.05, 3.63) is 75.3 Å².